The number of ketones is 1. The van der Waals surface area contributed by atoms with E-state index < -0.39 is 0 Å². The summed E-state index contributed by atoms with van der Waals surface area (Å²) in [6.07, 6.45) is 5.83. The van der Waals surface area contributed by atoms with Crippen LogP contribution >= 0.6 is 11.6 Å². The van der Waals surface area contributed by atoms with Crippen LogP contribution in [0.3, 0.4) is 0 Å². The molecule has 1 amide bonds. The van der Waals surface area contributed by atoms with Crippen LogP contribution in [-0.2, 0) is 4.79 Å². The number of ether oxygens (including phenoxy) is 1. The minimum absolute atomic E-state index is 0.0106. The van der Waals surface area contributed by atoms with Crippen molar-refractivity contribution < 1.29 is 14.3 Å². The number of pyridine rings is 1. The van der Waals surface area contributed by atoms with Crippen molar-refractivity contribution in [3.8, 4) is 16.9 Å². The molecule has 2 N–H and O–H groups in total. The van der Waals surface area contributed by atoms with E-state index in [9.17, 15) is 9.59 Å². The maximum atomic E-state index is 12.8. The van der Waals surface area contributed by atoms with Gasteiger partial charge in [0.1, 0.15) is 11.6 Å². The van der Waals surface area contributed by atoms with Crippen LogP contribution in [0, 0.1) is 0 Å². The number of allylic oxidation sites excluding steroid dienone is 1. The number of carbonyl (C=O) groups excluding carboxylic acids is 2. The number of anilines is 1. The van der Waals surface area contributed by atoms with E-state index >= 15 is 0 Å². The molecule has 2 heterocycles. The van der Waals surface area contributed by atoms with Crippen LogP contribution in [0.25, 0.3) is 17.2 Å². The number of nitrogen functional groups attached to an aromatic ring is 1. The summed E-state index contributed by atoms with van der Waals surface area (Å²) in [7, 11) is 2.07. The number of rotatable bonds is 9. The molecule has 37 heavy (non-hydrogen) atoms. The van der Waals surface area contributed by atoms with Crippen molar-refractivity contribution in [2.75, 3.05) is 45.6 Å². The molecular formula is C29H31ClN4O3. The molecule has 8 heteroatoms. The van der Waals surface area contributed by atoms with Crippen LogP contribution < -0.4 is 10.5 Å². The molecule has 1 aliphatic heterocycles. The monoisotopic (exact) mass is 518 g/mol. The Bertz CT molecular complexity index is 1250. The number of nitrogens with two attached hydrogens (primary N) is 1. The molecule has 0 radical (unpaired) electrons. The van der Waals surface area contributed by atoms with Gasteiger partial charge in [0.25, 0.3) is 5.91 Å². The number of nitrogens with zero attached hydrogens (tertiary/aromatic N) is 3. The molecule has 1 saturated heterocycles. The predicted molar refractivity (Wildman–Crippen MR) is 148 cm³/mol. The molecule has 4 rings (SSSR count). The van der Waals surface area contributed by atoms with Crippen molar-refractivity contribution in [3.05, 3.63) is 83.0 Å². The minimum Gasteiger partial charge on any atom is -0.492 e. The second-order valence-corrected chi connectivity index (χ2v) is 9.49. The summed E-state index contributed by atoms with van der Waals surface area (Å²) in [5, 5.41) is 0.497. The van der Waals surface area contributed by atoms with E-state index in [1.54, 1.807) is 24.4 Å². The van der Waals surface area contributed by atoms with Crippen molar-refractivity contribution in [2.24, 2.45) is 0 Å². The Labute approximate surface area is 222 Å². The van der Waals surface area contributed by atoms with E-state index in [2.05, 4.69) is 16.9 Å². The second-order valence-electron chi connectivity index (χ2n) is 9.09. The highest BCUT2D eigenvalue weighted by Crippen LogP contribution is 2.31. The zero-order valence-corrected chi connectivity index (χ0v) is 21.7. The first kappa shape index (κ1) is 26.4. The first-order valence-corrected chi connectivity index (χ1v) is 12.7. The number of aromatic nitrogens is 1. The van der Waals surface area contributed by atoms with E-state index in [0.717, 1.165) is 42.9 Å². The number of benzene rings is 2. The topological polar surface area (TPSA) is 88.8 Å². The minimum atomic E-state index is 0.0106. The van der Waals surface area contributed by atoms with Gasteiger partial charge in [-0.15, -0.1) is 0 Å². The molecule has 0 spiro atoms. The normalized spacial score (nSPS) is 14.2. The lowest BCUT2D eigenvalue weighted by Gasteiger charge is -2.32. The lowest BCUT2D eigenvalue weighted by Crippen LogP contribution is -2.47. The Morgan fingerprint density at radius 2 is 1.76 bits per heavy atom. The maximum Gasteiger partial charge on any atom is 0.253 e. The molecule has 192 valence electrons. The zero-order chi connectivity index (χ0) is 26.2. The molecule has 1 fully saturated rings. The predicted octanol–water partition coefficient (Wildman–Crippen LogP) is 4.81. The summed E-state index contributed by atoms with van der Waals surface area (Å²) in [5.74, 6) is 1.09. The number of halogens is 1. The first-order valence-electron chi connectivity index (χ1n) is 12.3. The molecule has 0 atom stereocenters. The lowest BCUT2D eigenvalue weighted by atomic mass is 10.0. The number of likely N-dealkylation sites (N-methyl/N-ethyl adjacent to an activating group) is 1. The Morgan fingerprint density at radius 3 is 2.43 bits per heavy atom. The smallest absolute Gasteiger partial charge is 0.253 e. The number of carbonyl (C=O) groups is 2. The lowest BCUT2D eigenvalue weighted by molar-refractivity contribution is -0.114. The standard InChI is InChI=1S/C29H31ClN4O3/c1-33-14-16-34(17-15-33)29(36)23-8-6-22(7-9-23)24-10-12-27(26(30)19-24)37-18-2-3-25(35)11-4-21-5-13-28(31)32-20-21/h4-13,19-20H,2-3,14-18H2,1H3,(H2,31,32)/b11-4+. The van der Waals surface area contributed by atoms with Crippen molar-refractivity contribution in [1.82, 2.24) is 14.8 Å². The van der Waals surface area contributed by atoms with E-state index in [1.807, 2.05) is 53.4 Å². The molecule has 1 aliphatic rings. The fraction of sp³-hybridized carbons (Fsp3) is 0.276. The largest absolute Gasteiger partial charge is 0.492 e. The zero-order valence-electron chi connectivity index (χ0n) is 20.9. The molecule has 1 aromatic heterocycles. The fourth-order valence-corrected chi connectivity index (χ4v) is 4.25. The summed E-state index contributed by atoms with van der Waals surface area (Å²) in [6, 6.07) is 16.7. The van der Waals surface area contributed by atoms with E-state index in [-0.39, 0.29) is 11.7 Å². The highest BCUT2D eigenvalue weighted by molar-refractivity contribution is 6.32. The van der Waals surface area contributed by atoms with Gasteiger partial charge in [-0.05, 0) is 78.7 Å². The van der Waals surface area contributed by atoms with E-state index in [1.165, 1.54) is 0 Å². The van der Waals surface area contributed by atoms with Crippen molar-refractivity contribution >= 4 is 35.2 Å². The van der Waals surface area contributed by atoms with Gasteiger partial charge in [0.05, 0.1) is 11.6 Å². The maximum absolute atomic E-state index is 12.8. The van der Waals surface area contributed by atoms with E-state index in [4.69, 9.17) is 22.1 Å². The Kier molecular flexibility index (Phi) is 8.93. The molecule has 0 bridgehead atoms. The van der Waals surface area contributed by atoms with Gasteiger partial charge >= 0.3 is 0 Å². The summed E-state index contributed by atoms with van der Waals surface area (Å²) in [5.41, 5.74) is 8.98. The third kappa shape index (κ3) is 7.41. The molecule has 0 saturated carbocycles. The van der Waals surface area contributed by atoms with Crippen LogP contribution in [0.5, 0.6) is 5.75 Å². The first-order chi connectivity index (χ1) is 17.9. The fourth-order valence-electron chi connectivity index (χ4n) is 4.01. The summed E-state index contributed by atoms with van der Waals surface area (Å²) in [4.78, 5) is 33.0. The van der Waals surface area contributed by atoms with Gasteiger partial charge in [0.15, 0.2) is 5.78 Å². The molecule has 3 aromatic rings. The third-order valence-corrected chi connectivity index (χ3v) is 6.58. The Morgan fingerprint density at radius 1 is 1.03 bits per heavy atom. The second kappa shape index (κ2) is 12.5. The molecule has 2 aromatic carbocycles. The van der Waals surface area contributed by atoms with Crippen LogP contribution in [-0.4, -0.2) is 66.3 Å². The van der Waals surface area contributed by atoms with Gasteiger partial charge in [-0.3, -0.25) is 9.59 Å². The average molecular weight is 519 g/mol. The van der Waals surface area contributed by atoms with Crippen molar-refractivity contribution in [2.45, 2.75) is 12.8 Å². The SMILES string of the molecule is CN1CCN(C(=O)c2ccc(-c3ccc(OCCCC(=O)/C=C/c4ccc(N)nc4)c(Cl)c3)cc2)CC1. The van der Waals surface area contributed by atoms with Gasteiger partial charge < -0.3 is 20.3 Å². The molecule has 0 unspecified atom stereocenters. The van der Waals surface area contributed by atoms with Crippen LogP contribution in [0.15, 0.2) is 66.9 Å². The van der Waals surface area contributed by atoms with E-state index in [0.29, 0.717) is 41.6 Å². The quantitative estimate of drug-likeness (QED) is 0.323. The number of piperazine rings is 1. The van der Waals surface area contributed by atoms with Gasteiger partial charge in [-0.2, -0.15) is 0 Å². The molecule has 7 nitrogen and oxygen atoms in total. The average Bonchev–Trinajstić information content (AvgIpc) is 2.91. The summed E-state index contributed by atoms with van der Waals surface area (Å²) >= 11 is 6.46. The number of hydrogen-bond donors (Lipinski definition) is 1. The summed E-state index contributed by atoms with van der Waals surface area (Å²) < 4.78 is 5.79. The van der Waals surface area contributed by atoms with Gasteiger partial charge in [-0.1, -0.05) is 29.8 Å². The number of hydrogen-bond acceptors (Lipinski definition) is 6. The van der Waals surface area contributed by atoms with Crippen LogP contribution in [0.2, 0.25) is 5.02 Å². The highest BCUT2D eigenvalue weighted by Gasteiger charge is 2.20. The molecular weight excluding hydrogens is 488 g/mol. The van der Waals surface area contributed by atoms with Crippen LogP contribution in [0.1, 0.15) is 28.8 Å². The highest BCUT2D eigenvalue weighted by atomic mass is 35.5. The van der Waals surface area contributed by atoms with Crippen molar-refractivity contribution in [1.29, 1.82) is 0 Å². The van der Waals surface area contributed by atoms with Crippen molar-refractivity contribution in [3.63, 3.8) is 0 Å². The Hall–Kier alpha value is -3.68. The van der Waals surface area contributed by atoms with Gasteiger partial charge in [0, 0.05) is 44.4 Å². The molecule has 0 aliphatic carbocycles. The van der Waals surface area contributed by atoms with Gasteiger partial charge in [-0.25, -0.2) is 4.98 Å². The van der Waals surface area contributed by atoms with Crippen LogP contribution in [0.4, 0.5) is 5.82 Å². The number of amides is 1. The third-order valence-electron chi connectivity index (χ3n) is 6.28. The van der Waals surface area contributed by atoms with Gasteiger partial charge in [0.2, 0.25) is 0 Å². The summed E-state index contributed by atoms with van der Waals surface area (Å²) in [6.45, 7) is 3.67. The Balaban J connectivity index is 1.26.